The van der Waals surface area contributed by atoms with Crippen LogP contribution in [0.2, 0.25) is 0 Å². The number of esters is 1. The summed E-state index contributed by atoms with van der Waals surface area (Å²) >= 11 is 0. The van der Waals surface area contributed by atoms with E-state index in [4.69, 9.17) is 14.2 Å². The third-order valence-electron chi connectivity index (χ3n) is 5.42. The van der Waals surface area contributed by atoms with Crippen molar-refractivity contribution >= 4 is 11.9 Å². The predicted molar refractivity (Wildman–Crippen MR) is 131 cm³/mol. The van der Waals surface area contributed by atoms with Gasteiger partial charge in [0.05, 0.1) is 13.2 Å². The van der Waals surface area contributed by atoms with Gasteiger partial charge in [-0.2, -0.15) is 0 Å². The van der Waals surface area contributed by atoms with E-state index < -0.39 is 0 Å². The lowest BCUT2D eigenvalue weighted by Gasteiger charge is -2.17. The van der Waals surface area contributed by atoms with Crippen LogP contribution in [0.5, 0.6) is 0 Å². The second-order valence-corrected chi connectivity index (χ2v) is 8.81. The van der Waals surface area contributed by atoms with Gasteiger partial charge in [0, 0.05) is 33.6 Å². The third-order valence-corrected chi connectivity index (χ3v) is 5.42. The number of carbonyl (C=O) groups is 2. The number of carbonyl (C=O) groups excluding carboxylic acids is 2. The number of ether oxygens (including phenoxy) is 3. The Hall–Kier alpha value is -1.14. The highest BCUT2D eigenvalue weighted by Gasteiger charge is 2.12. The van der Waals surface area contributed by atoms with Crippen molar-refractivity contribution in [3.63, 3.8) is 0 Å². The lowest BCUT2D eigenvalue weighted by molar-refractivity contribution is -0.153. The molecule has 1 atom stereocenters. The van der Waals surface area contributed by atoms with E-state index in [0.29, 0.717) is 33.0 Å². The average molecular weight is 458 g/mol. The van der Waals surface area contributed by atoms with Crippen LogP contribution in [0.15, 0.2) is 0 Å². The molecule has 0 heterocycles. The smallest absolute Gasteiger partial charge is 0.303 e. The van der Waals surface area contributed by atoms with E-state index in [1.165, 1.54) is 97.3 Å². The maximum absolute atomic E-state index is 11.3. The van der Waals surface area contributed by atoms with Crippen LogP contribution in [-0.2, 0) is 23.8 Å². The SMILES string of the molecule is CCCCCCCCCCCCCCCCOCC(COCCCNC(C)=O)OC(C)=O. The number of hydrogen-bond acceptors (Lipinski definition) is 5. The van der Waals surface area contributed by atoms with Crippen LogP contribution in [0.25, 0.3) is 0 Å². The molecule has 190 valence electrons. The van der Waals surface area contributed by atoms with Crippen LogP contribution < -0.4 is 5.32 Å². The van der Waals surface area contributed by atoms with Crippen molar-refractivity contribution in [2.45, 2.75) is 123 Å². The molecule has 0 aliphatic carbocycles. The van der Waals surface area contributed by atoms with Gasteiger partial charge in [0.15, 0.2) is 0 Å². The summed E-state index contributed by atoms with van der Waals surface area (Å²) in [6.07, 6.45) is 19.1. The Morgan fingerprint density at radius 1 is 0.656 bits per heavy atom. The zero-order valence-electron chi connectivity index (χ0n) is 21.3. The molecule has 0 aliphatic heterocycles. The highest BCUT2D eigenvalue weighted by Crippen LogP contribution is 2.13. The Morgan fingerprint density at radius 2 is 1.09 bits per heavy atom. The van der Waals surface area contributed by atoms with Crippen molar-refractivity contribution < 1.29 is 23.8 Å². The molecule has 0 spiro atoms. The molecule has 1 N–H and O–H groups in total. The Morgan fingerprint density at radius 3 is 1.53 bits per heavy atom. The first-order valence-electron chi connectivity index (χ1n) is 13.1. The first kappa shape index (κ1) is 30.9. The standard InChI is InChI=1S/C26H51NO5/c1-4-5-6-7-8-9-10-11-12-13-14-15-16-17-20-30-22-26(32-25(3)29)23-31-21-18-19-27-24(2)28/h26H,4-23H2,1-3H3,(H,27,28). The zero-order chi connectivity index (χ0) is 23.7. The molecule has 0 aromatic rings. The summed E-state index contributed by atoms with van der Waals surface area (Å²) in [4.78, 5) is 22.1. The second kappa shape index (κ2) is 24.5. The first-order chi connectivity index (χ1) is 15.6. The summed E-state index contributed by atoms with van der Waals surface area (Å²) in [6, 6.07) is 0. The molecule has 0 aromatic carbocycles. The zero-order valence-corrected chi connectivity index (χ0v) is 21.3. The Balaban J connectivity index is 3.47. The average Bonchev–Trinajstić information content (AvgIpc) is 2.75. The minimum absolute atomic E-state index is 0.0420. The quantitative estimate of drug-likeness (QED) is 0.143. The summed E-state index contributed by atoms with van der Waals surface area (Å²) in [5, 5.41) is 2.72. The van der Waals surface area contributed by atoms with E-state index in [0.717, 1.165) is 12.8 Å². The van der Waals surface area contributed by atoms with Gasteiger partial charge in [-0.1, -0.05) is 90.4 Å². The Labute approximate surface area is 197 Å². The number of rotatable bonds is 24. The molecule has 1 unspecified atom stereocenters. The molecule has 6 nitrogen and oxygen atoms in total. The van der Waals surface area contributed by atoms with Gasteiger partial charge in [0.1, 0.15) is 6.10 Å². The minimum atomic E-state index is -0.375. The van der Waals surface area contributed by atoms with Crippen molar-refractivity contribution in [1.29, 1.82) is 0 Å². The fourth-order valence-corrected chi connectivity index (χ4v) is 3.62. The van der Waals surface area contributed by atoms with Crippen molar-refractivity contribution in [3.05, 3.63) is 0 Å². The summed E-state index contributed by atoms with van der Waals surface area (Å²) in [5.41, 5.74) is 0. The summed E-state index contributed by atoms with van der Waals surface area (Å²) < 4.78 is 16.5. The van der Waals surface area contributed by atoms with Gasteiger partial charge < -0.3 is 19.5 Å². The normalized spacial score (nSPS) is 12.0. The molecule has 0 rings (SSSR count). The van der Waals surface area contributed by atoms with E-state index >= 15 is 0 Å². The van der Waals surface area contributed by atoms with Crippen molar-refractivity contribution in [1.82, 2.24) is 5.32 Å². The van der Waals surface area contributed by atoms with Crippen molar-refractivity contribution in [2.24, 2.45) is 0 Å². The fourth-order valence-electron chi connectivity index (χ4n) is 3.62. The number of amides is 1. The van der Waals surface area contributed by atoms with Gasteiger partial charge >= 0.3 is 5.97 Å². The van der Waals surface area contributed by atoms with Crippen LogP contribution in [-0.4, -0.2) is 51.0 Å². The molecule has 32 heavy (non-hydrogen) atoms. The molecule has 0 aliphatic rings. The van der Waals surface area contributed by atoms with Crippen molar-refractivity contribution in [2.75, 3.05) is 33.0 Å². The van der Waals surface area contributed by atoms with Gasteiger partial charge in [0.25, 0.3) is 0 Å². The number of unbranched alkanes of at least 4 members (excludes halogenated alkanes) is 13. The van der Waals surface area contributed by atoms with Gasteiger partial charge in [-0.25, -0.2) is 0 Å². The monoisotopic (exact) mass is 457 g/mol. The molecule has 0 aromatic heterocycles. The maximum atomic E-state index is 11.3. The van der Waals surface area contributed by atoms with Crippen molar-refractivity contribution in [3.8, 4) is 0 Å². The van der Waals surface area contributed by atoms with E-state index in [1.807, 2.05) is 0 Å². The molecular formula is C26H51NO5. The molecule has 0 saturated heterocycles. The molecule has 0 saturated carbocycles. The van der Waals surface area contributed by atoms with Crippen LogP contribution >= 0.6 is 0 Å². The molecule has 0 fully saturated rings. The largest absolute Gasteiger partial charge is 0.458 e. The maximum Gasteiger partial charge on any atom is 0.303 e. The van der Waals surface area contributed by atoms with Crippen LogP contribution in [0.1, 0.15) is 117 Å². The van der Waals surface area contributed by atoms with Gasteiger partial charge in [0.2, 0.25) is 5.91 Å². The number of nitrogens with one attached hydrogen (secondary N) is 1. The topological polar surface area (TPSA) is 73.9 Å². The minimum Gasteiger partial charge on any atom is -0.458 e. The molecule has 6 heteroatoms. The highest BCUT2D eigenvalue weighted by atomic mass is 16.6. The predicted octanol–water partition coefficient (Wildman–Crippen LogP) is 5.96. The van der Waals surface area contributed by atoms with Gasteiger partial charge in [-0.05, 0) is 12.8 Å². The van der Waals surface area contributed by atoms with Crippen LogP contribution in [0.4, 0.5) is 0 Å². The fraction of sp³-hybridized carbons (Fsp3) is 0.923. The first-order valence-corrected chi connectivity index (χ1v) is 13.1. The van der Waals surface area contributed by atoms with E-state index in [1.54, 1.807) is 0 Å². The Kier molecular flexibility index (Phi) is 23.6. The van der Waals surface area contributed by atoms with Gasteiger partial charge in [-0.15, -0.1) is 0 Å². The summed E-state index contributed by atoms with van der Waals surface area (Å²) in [5.74, 6) is -0.364. The van der Waals surface area contributed by atoms with E-state index in [-0.39, 0.29) is 18.0 Å². The summed E-state index contributed by atoms with van der Waals surface area (Å²) in [7, 11) is 0. The Bertz CT molecular complexity index is 430. The lowest BCUT2D eigenvalue weighted by Crippen LogP contribution is -2.28. The van der Waals surface area contributed by atoms with E-state index in [9.17, 15) is 9.59 Å². The van der Waals surface area contributed by atoms with Gasteiger partial charge in [-0.3, -0.25) is 9.59 Å². The molecular weight excluding hydrogens is 406 g/mol. The van der Waals surface area contributed by atoms with Crippen LogP contribution in [0, 0.1) is 0 Å². The lowest BCUT2D eigenvalue weighted by atomic mass is 10.0. The highest BCUT2D eigenvalue weighted by molar-refractivity contribution is 5.72. The molecule has 0 bridgehead atoms. The third kappa shape index (κ3) is 25.1. The molecule has 0 radical (unpaired) electrons. The van der Waals surface area contributed by atoms with Crippen LogP contribution in [0.3, 0.4) is 0 Å². The summed E-state index contributed by atoms with van der Waals surface area (Å²) in [6.45, 7) is 7.64. The second-order valence-electron chi connectivity index (χ2n) is 8.81. The molecule has 1 amide bonds. The van der Waals surface area contributed by atoms with E-state index in [2.05, 4.69) is 12.2 Å². The number of hydrogen-bond donors (Lipinski definition) is 1.